The first-order valence-electron chi connectivity index (χ1n) is 9.72. The summed E-state index contributed by atoms with van der Waals surface area (Å²) >= 11 is 0. The summed E-state index contributed by atoms with van der Waals surface area (Å²) in [5.41, 5.74) is 4.09. The molecule has 2 aliphatic rings. The lowest BCUT2D eigenvalue weighted by Crippen LogP contribution is -2.31. The minimum absolute atomic E-state index is 0.0182. The maximum Gasteiger partial charge on any atom is 0.253 e. The standard InChI is InChI=1S/C23H26N2O2/c1-24(23(26)20-15-19-7-3-4-8-22(19)27-17-20)16-18-9-11-21(12-10-18)25-13-5-2-6-14-25/h3-4,7-12,15H,2,5-6,13-14,16-17H2,1H3. The Morgan fingerprint density at radius 2 is 1.78 bits per heavy atom. The molecular formula is C23H26N2O2. The van der Waals surface area contributed by atoms with E-state index >= 15 is 0 Å². The van der Waals surface area contributed by atoms with Gasteiger partial charge in [-0.3, -0.25) is 4.79 Å². The van der Waals surface area contributed by atoms with Gasteiger partial charge in [-0.05, 0) is 49.1 Å². The van der Waals surface area contributed by atoms with Crippen molar-refractivity contribution in [2.45, 2.75) is 25.8 Å². The highest BCUT2D eigenvalue weighted by Crippen LogP contribution is 2.26. The third-order valence-electron chi connectivity index (χ3n) is 5.33. The predicted molar refractivity (Wildman–Crippen MR) is 109 cm³/mol. The summed E-state index contributed by atoms with van der Waals surface area (Å²) in [6.45, 7) is 3.22. The fraction of sp³-hybridized carbons (Fsp3) is 0.348. The summed E-state index contributed by atoms with van der Waals surface area (Å²) in [7, 11) is 1.85. The lowest BCUT2D eigenvalue weighted by atomic mass is 10.1. The molecule has 2 aromatic rings. The lowest BCUT2D eigenvalue weighted by molar-refractivity contribution is -0.126. The first-order valence-corrected chi connectivity index (χ1v) is 9.72. The van der Waals surface area contributed by atoms with Gasteiger partial charge in [0.15, 0.2) is 0 Å². The summed E-state index contributed by atoms with van der Waals surface area (Å²) < 4.78 is 5.72. The van der Waals surface area contributed by atoms with Crippen LogP contribution in [-0.4, -0.2) is 37.6 Å². The summed E-state index contributed by atoms with van der Waals surface area (Å²) in [5, 5.41) is 0. The molecule has 140 valence electrons. The molecule has 27 heavy (non-hydrogen) atoms. The lowest BCUT2D eigenvalue weighted by Gasteiger charge is -2.29. The van der Waals surface area contributed by atoms with E-state index in [4.69, 9.17) is 4.74 Å². The Labute approximate surface area is 161 Å². The van der Waals surface area contributed by atoms with Gasteiger partial charge in [0, 0.05) is 37.9 Å². The highest BCUT2D eigenvalue weighted by atomic mass is 16.5. The van der Waals surface area contributed by atoms with E-state index < -0.39 is 0 Å². The molecule has 1 saturated heterocycles. The Balaban J connectivity index is 1.41. The molecule has 0 bridgehead atoms. The van der Waals surface area contributed by atoms with Gasteiger partial charge < -0.3 is 14.5 Å². The van der Waals surface area contributed by atoms with Crippen LogP contribution in [0.4, 0.5) is 5.69 Å². The number of carbonyl (C=O) groups is 1. The number of benzene rings is 2. The van der Waals surface area contributed by atoms with Gasteiger partial charge in [-0.25, -0.2) is 0 Å². The van der Waals surface area contributed by atoms with Gasteiger partial charge >= 0.3 is 0 Å². The zero-order valence-corrected chi connectivity index (χ0v) is 15.9. The SMILES string of the molecule is CN(Cc1ccc(N2CCCCC2)cc1)C(=O)C1=Cc2ccccc2OC1. The van der Waals surface area contributed by atoms with Crippen LogP contribution in [0.2, 0.25) is 0 Å². The number of hydrogen-bond acceptors (Lipinski definition) is 3. The van der Waals surface area contributed by atoms with Crippen LogP contribution >= 0.6 is 0 Å². The van der Waals surface area contributed by atoms with E-state index in [0.717, 1.165) is 30.0 Å². The van der Waals surface area contributed by atoms with Gasteiger partial charge in [-0.15, -0.1) is 0 Å². The number of nitrogens with zero attached hydrogens (tertiary/aromatic N) is 2. The number of piperidine rings is 1. The summed E-state index contributed by atoms with van der Waals surface area (Å²) in [5.74, 6) is 0.856. The molecule has 0 N–H and O–H groups in total. The van der Waals surface area contributed by atoms with Gasteiger partial charge in [0.25, 0.3) is 5.91 Å². The van der Waals surface area contributed by atoms with E-state index in [-0.39, 0.29) is 5.91 Å². The van der Waals surface area contributed by atoms with Crippen LogP contribution in [0.1, 0.15) is 30.4 Å². The van der Waals surface area contributed by atoms with Crippen LogP contribution in [0, 0.1) is 0 Å². The smallest absolute Gasteiger partial charge is 0.253 e. The van der Waals surface area contributed by atoms with Crippen LogP contribution in [0.5, 0.6) is 5.75 Å². The summed E-state index contributed by atoms with van der Waals surface area (Å²) in [6.07, 6.45) is 5.83. The van der Waals surface area contributed by atoms with E-state index in [2.05, 4.69) is 29.2 Å². The number of amides is 1. The molecule has 4 heteroatoms. The van der Waals surface area contributed by atoms with Crippen molar-refractivity contribution in [3.63, 3.8) is 0 Å². The number of para-hydroxylation sites is 1. The van der Waals surface area contributed by atoms with Gasteiger partial charge in [0.1, 0.15) is 12.4 Å². The second-order valence-electron chi connectivity index (χ2n) is 7.37. The molecule has 2 aliphatic heterocycles. The van der Waals surface area contributed by atoms with E-state index in [1.54, 1.807) is 4.90 Å². The highest BCUT2D eigenvalue weighted by Gasteiger charge is 2.20. The van der Waals surface area contributed by atoms with E-state index in [1.807, 2.05) is 37.4 Å². The number of likely N-dealkylation sites (N-methyl/N-ethyl adjacent to an activating group) is 1. The van der Waals surface area contributed by atoms with Crippen molar-refractivity contribution >= 4 is 17.7 Å². The van der Waals surface area contributed by atoms with Crippen molar-refractivity contribution in [3.05, 3.63) is 65.2 Å². The molecule has 0 radical (unpaired) electrons. The minimum Gasteiger partial charge on any atom is -0.488 e. The number of ether oxygens (including phenoxy) is 1. The van der Waals surface area contributed by atoms with E-state index in [9.17, 15) is 4.79 Å². The van der Waals surface area contributed by atoms with Crippen molar-refractivity contribution in [1.82, 2.24) is 4.90 Å². The molecule has 0 spiro atoms. The second kappa shape index (κ2) is 7.87. The normalized spacial score (nSPS) is 16.2. The topological polar surface area (TPSA) is 32.8 Å². The number of anilines is 1. The maximum absolute atomic E-state index is 12.8. The monoisotopic (exact) mass is 362 g/mol. The summed E-state index contributed by atoms with van der Waals surface area (Å²) in [4.78, 5) is 17.0. The highest BCUT2D eigenvalue weighted by molar-refractivity contribution is 5.99. The molecule has 2 heterocycles. The summed E-state index contributed by atoms with van der Waals surface area (Å²) in [6, 6.07) is 16.4. The predicted octanol–water partition coefficient (Wildman–Crippen LogP) is 4.11. The fourth-order valence-electron chi connectivity index (χ4n) is 3.79. The zero-order chi connectivity index (χ0) is 18.6. The molecule has 0 aromatic heterocycles. The number of carbonyl (C=O) groups excluding carboxylic acids is 1. The zero-order valence-electron chi connectivity index (χ0n) is 15.9. The maximum atomic E-state index is 12.8. The van der Waals surface area contributed by atoms with E-state index in [0.29, 0.717) is 18.7 Å². The Hall–Kier alpha value is -2.75. The van der Waals surface area contributed by atoms with Crippen molar-refractivity contribution in [1.29, 1.82) is 0 Å². The first-order chi connectivity index (χ1) is 13.2. The van der Waals surface area contributed by atoms with Gasteiger partial charge in [0.05, 0.1) is 5.57 Å². The van der Waals surface area contributed by atoms with Crippen LogP contribution in [0.25, 0.3) is 6.08 Å². The average Bonchev–Trinajstić information content (AvgIpc) is 2.74. The number of hydrogen-bond donors (Lipinski definition) is 0. The Morgan fingerprint density at radius 1 is 1.04 bits per heavy atom. The molecular weight excluding hydrogens is 336 g/mol. The first kappa shape index (κ1) is 17.7. The van der Waals surface area contributed by atoms with Crippen molar-refractivity contribution in [3.8, 4) is 5.75 Å². The fourth-order valence-corrected chi connectivity index (χ4v) is 3.79. The third-order valence-corrected chi connectivity index (χ3v) is 5.33. The van der Waals surface area contributed by atoms with Crippen LogP contribution in [0.3, 0.4) is 0 Å². The largest absolute Gasteiger partial charge is 0.488 e. The average molecular weight is 362 g/mol. The van der Waals surface area contributed by atoms with Crippen LogP contribution < -0.4 is 9.64 Å². The number of fused-ring (bicyclic) bond motifs is 1. The quantitative estimate of drug-likeness (QED) is 0.820. The molecule has 0 aliphatic carbocycles. The molecule has 2 aromatic carbocycles. The molecule has 4 nitrogen and oxygen atoms in total. The molecule has 0 saturated carbocycles. The van der Waals surface area contributed by atoms with E-state index in [1.165, 1.54) is 24.9 Å². The Bertz CT molecular complexity index is 836. The van der Waals surface area contributed by atoms with Crippen molar-refractivity contribution in [2.24, 2.45) is 0 Å². The van der Waals surface area contributed by atoms with Crippen LogP contribution in [-0.2, 0) is 11.3 Å². The molecule has 1 fully saturated rings. The van der Waals surface area contributed by atoms with Crippen molar-refractivity contribution < 1.29 is 9.53 Å². The molecule has 0 atom stereocenters. The minimum atomic E-state index is 0.0182. The molecule has 4 rings (SSSR count). The van der Waals surface area contributed by atoms with Gasteiger partial charge in [0.2, 0.25) is 0 Å². The van der Waals surface area contributed by atoms with Gasteiger partial charge in [-0.1, -0.05) is 30.3 Å². The van der Waals surface area contributed by atoms with Crippen molar-refractivity contribution in [2.75, 3.05) is 31.6 Å². The van der Waals surface area contributed by atoms with Gasteiger partial charge in [-0.2, -0.15) is 0 Å². The number of rotatable bonds is 4. The van der Waals surface area contributed by atoms with Crippen LogP contribution in [0.15, 0.2) is 54.1 Å². The molecule has 1 amide bonds. The second-order valence-corrected chi connectivity index (χ2v) is 7.37. The molecule has 0 unspecified atom stereocenters. The Kier molecular flexibility index (Phi) is 5.14. The third kappa shape index (κ3) is 4.00. The Morgan fingerprint density at radius 3 is 2.56 bits per heavy atom.